The van der Waals surface area contributed by atoms with Crippen molar-refractivity contribution in [3.8, 4) is 11.5 Å². The third kappa shape index (κ3) is 4.11. The van der Waals surface area contributed by atoms with Gasteiger partial charge in [-0.15, -0.1) is 0 Å². The van der Waals surface area contributed by atoms with Gasteiger partial charge in [0.2, 0.25) is 11.8 Å². The Bertz CT molecular complexity index is 814. The van der Waals surface area contributed by atoms with E-state index in [-0.39, 0.29) is 36.0 Å². The molecule has 4 N–H and O–H groups in total. The number of aliphatic imine (C=N–C) groups is 1. The number of ether oxygens (including phenoxy) is 1. The summed E-state index contributed by atoms with van der Waals surface area (Å²) in [6, 6.07) is 3.87. The fraction of sp³-hybridized carbons (Fsp3) is 0.636. The summed E-state index contributed by atoms with van der Waals surface area (Å²) in [4.78, 5) is 19.1. The summed E-state index contributed by atoms with van der Waals surface area (Å²) in [7, 11) is 1.66. The maximum atomic E-state index is 12.5. The summed E-state index contributed by atoms with van der Waals surface area (Å²) in [5, 5.41) is 33.4. The lowest BCUT2D eigenvalue weighted by atomic mass is 9.72. The second-order valence-corrected chi connectivity index (χ2v) is 8.68. The van der Waals surface area contributed by atoms with Crippen LogP contribution in [0.2, 0.25) is 0 Å². The average Bonchev–Trinajstić information content (AvgIpc) is 3.25. The molecular formula is C22H31N3O5. The molecule has 1 saturated carbocycles. The topological polar surface area (TPSA) is 115 Å². The highest BCUT2D eigenvalue weighted by Crippen LogP contribution is 2.39. The van der Waals surface area contributed by atoms with Crippen molar-refractivity contribution >= 4 is 11.8 Å². The predicted octanol–water partition coefficient (Wildman–Crippen LogP) is 1.23. The number of aromatic hydroxyl groups is 2. The molecule has 3 aliphatic rings. The van der Waals surface area contributed by atoms with E-state index >= 15 is 0 Å². The number of carbonyl (C=O) groups excluding carboxylic acids is 1. The third-order valence-electron chi connectivity index (χ3n) is 6.84. The number of phenolic OH excluding ortho intramolecular Hbond substituents is 2. The number of hydrogen-bond acceptors (Lipinski definition) is 7. The summed E-state index contributed by atoms with van der Waals surface area (Å²) in [5.41, 5.74) is 0.302. The van der Waals surface area contributed by atoms with Gasteiger partial charge in [0.25, 0.3) is 0 Å². The van der Waals surface area contributed by atoms with Crippen LogP contribution in [0, 0.1) is 11.8 Å². The summed E-state index contributed by atoms with van der Waals surface area (Å²) in [6.07, 6.45) is 4.89. The van der Waals surface area contributed by atoms with Gasteiger partial charge >= 0.3 is 0 Å². The Morgan fingerprint density at radius 3 is 2.83 bits per heavy atom. The molecule has 1 amide bonds. The minimum Gasteiger partial charge on any atom is -0.504 e. The van der Waals surface area contributed by atoms with Crippen molar-refractivity contribution in [1.29, 1.82) is 0 Å². The average molecular weight is 418 g/mol. The Kier molecular flexibility index (Phi) is 6.15. The molecule has 8 heteroatoms. The zero-order valence-electron chi connectivity index (χ0n) is 17.3. The molecule has 2 aliphatic heterocycles. The first-order valence-electron chi connectivity index (χ1n) is 10.8. The van der Waals surface area contributed by atoms with Crippen LogP contribution in [0.5, 0.6) is 11.5 Å². The number of aliphatic hydroxyl groups is 1. The number of benzene rings is 1. The molecule has 1 saturated heterocycles. The van der Waals surface area contributed by atoms with E-state index in [1.807, 2.05) is 0 Å². The number of likely N-dealkylation sites (N-methyl/N-ethyl adjacent to an activating group) is 1. The van der Waals surface area contributed by atoms with Crippen LogP contribution in [-0.2, 0) is 9.53 Å². The van der Waals surface area contributed by atoms with Crippen LogP contribution in [0.1, 0.15) is 37.7 Å². The van der Waals surface area contributed by atoms with Crippen LogP contribution >= 0.6 is 0 Å². The highest BCUT2D eigenvalue weighted by Gasteiger charge is 2.41. The fourth-order valence-corrected chi connectivity index (χ4v) is 5.14. The van der Waals surface area contributed by atoms with Gasteiger partial charge in [-0.3, -0.25) is 9.69 Å². The van der Waals surface area contributed by atoms with Crippen LogP contribution in [0.3, 0.4) is 0 Å². The number of likely N-dealkylation sites (tertiary alicyclic amines) is 1. The Morgan fingerprint density at radius 1 is 1.30 bits per heavy atom. The maximum absolute atomic E-state index is 12.5. The molecule has 30 heavy (non-hydrogen) atoms. The monoisotopic (exact) mass is 417 g/mol. The van der Waals surface area contributed by atoms with Gasteiger partial charge in [-0.25, -0.2) is 4.99 Å². The predicted molar refractivity (Wildman–Crippen MR) is 112 cm³/mol. The number of aliphatic hydroxyl groups excluding tert-OH is 1. The molecule has 0 spiro atoms. The van der Waals surface area contributed by atoms with Gasteiger partial charge in [0.15, 0.2) is 11.5 Å². The zero-order valence-corrected chi connectivity index (χ0v) is 17.3. The minimum absolute atomic E-state index is 0.00256. The van der Waals surface area contributed by atoms with Gasteiger partial charge in [-0.2, -0.15) is 0 Å². The highest BCUT2D eigenvalue weighted by molar-refractivity contribution is 5.98. The minimum atomic E-state index is -0.797. The van der Waals surface area contributed by atoms with Crippen molar-refractivity contribution < 1.29 is 24.9 Å². The largest absolute Gasteiger partial charge is 0.504 e. The van der Waals surface area contributed by atoms with E-state index in [2.05, 4.69) is 15.2 Å². The van der Waals surface area contributed by atoms with E-state index in [1.54, 1.807) is 19.2 Å². The molecular weight excluding hydrogens is 386 g/mol. The molecule has 0 aromatic heterocycles. The number of rotatable bonds is 5. The van der Waals surface area contributed by atoms with Gasteiger partial charge < -0.3 is 25.4 Å². The first-order valence-corrected chi connectivity index (χ1v) is 10.8. The number of nitrogens with zero attached hydrogens (tertiary/aromatic N) is 2. The Hall–Kier alpha value is -2.32. The lowest BCUT2D eigenvalue weighted by Crippen LogP contribution is -2.56. The van der Waals surface area contributed by atoms with Gasteiger partial charge in [-0.1, -0.05) is 25.3 Å². The molecule has 2 heterocycles. The summed E-state index contributed by atoms with van der Waals surface area (Å²) in [5.74, 6) is 0.846. The number of carbonyl (C=O) groups is 1. The number of piperidine rings is 1. The molecule has 0 bridgehead atoms. The molecule has 1 aromatic carbocycles. The molecule has 2 fully saturated rings. The molecule has 0 radical (unpaired) electrons. The lowest BCUT2D eigenvalue weighted by molar-refractivity contribution is -0.130. The fourth-order valence-electron chi connectivity index (χ4n) is 5.14. The Labute approximate surface area is 176 Å². The van der Waals surface area contributed by atoms with Crippen molar-refractivity contribution in [2.24, 2.45) is 16.8 Å². The second-order valence-electron chi connectivity index (χ2n) is 8.68. The van der Waals surface area contributed by atoms with Crippen molar-refractivity contribution in [2.45, 2.75) is 50.3 Å². The molecule has 8 nitrogen and oxygen atoms in total. The van der Waals surface area contributed by atoms with Gasteiger partial charge in [-0.05, 0) is 36.8 Å². The quantitative estimate of drug-likeness (QED) is 0.536. The molecule has 164 valence electrons. The summed E-state index contributed by atoms with van der Waals surface area (Å²) >= 11 is 0. The Balaban J connectivity index is 1.46. The van der Waals surface area contributed by atoms with Crippen LogP contribution < -0.4 is 5.32 Å². The van der Waals surface area contributed by atoms with Crippen LogP contribution in [0.15, 0.2) is 23.2 Å². The number of hydrogen-bond donors (Lipinski definition) is 4. The van der Waals surface area contributed by atoms with E-state index in [0.29, 0.717) is 23.9 Å². The van der Waals surface area contributed by atoms with Gasteiger partial charge in [0.1, 0.15) is 12.6 Å². The normalized spacial score (nSPS) is 30.1. The number of fused-ring (bicyclic) bond motifs is 1. The van der Waals surface area contributed by atoms with E-state index < -0.39 is 12.1 Å². The van der Waals surface area contributed by atoms with Crippen LogP contribution in [0.4, 0.5) is 0 Å². The first-order chi connectivity index (χ1) is 14.5. The van der Waals surface area contributed by atoms with Gasteiger partial charge in [0, 0.05) is 20.1 Å². The number of β-amino-alcohol motifs (C(OH)–C–C–N with tert-alkyl or cyclic N) is 1. The summed E-state index contributed by atoms with van der Waals surface area (Å²) < 4.78 is 5.60. The van der Waals surface area contributed by atoms with E-state index in [0.717, 1.165) is 13.0 Å². The van der Waals surface area contributed by atoms with E-state index in [9.17, 15) is 20.1 Å². The van der Waals surface area contributed by atoms with Crippen LogP contribution in [0.25, 0.3) is 0 Å². The maximum Gasteiger partial charge on any atom is 0.237 e. The summed E-state index contributed by atoms with van der Waals surface area (Å²) in [6.45, 7) is 1.35. The van der Waals surface area contributed by atoms with Crippen molar-refractivity contribution in [3.63, 3.8) is 0 Å². The molecule has 1 aliphatic carbocycles. The Morgan fingerprint density at radius 2 is 2.07 bits per heavy atom. The first kappa shape index (κ1) is 20.9. The second kappa shape index (κ2) is 8.81. The van der Waals surface area contributed by atoms with E-state index in [4.69, 9.17) is 4.74 Å². The van der Waals surface area contributed by atoms with Crippen LogP contribution in [-0.4, -0.2) is 77.0 Å². The SMILES string of the molecule is CNC(=O)C1CC2CCCCC2CN1CC(O)C1COC(c2cccc(O)c2O)=N1. The molecule has 5 unspecified atom stereocenters. The number of amides is 1. The number of nitrogens with one attached hydrogen (secondary N) is 1. The highest BCUT2D eigenvalue weighted by atomic mass is 16.5. The standard InChI is InChI=1S/C22H31N3O5/c1-23-21(29)17-9-13-5-2-3-6-14(13)10-25(17)11-19(27)16-12-30-22(24-16)15-7-4-8-18(26)20(15)28/h4,7-8,13-14,16-17,19,26-28H,2-3,5-6,9-12H2,1H3,(H,23,29). The molecule has 5 atom stereocenters. The zero-order chi connectivity index (χ0) is 21.3. The van der Waals surface area contributed by atoms with Gasteiger partial charge in [0.05, 0.1) is 17.7 Å². The molecule has 1 aromatic rings. The van der Waals surface area contributed by atoms with Crippen molar-refractivity contribution in [3.05, 3.63) is 23.8 Å². The third-order valence-corrected chi connectivity index (χ3v) is 6.84. The lowest BCUT2D eigenvalue weighted by Gasteiger charge is -2.46. The van der Waals surface area contributed by atoms with E-state index in [1.165, 1.54) is 31.7 Å². The number of phenols is 2. The van der Waals surface area contributed by atoms with Crippen molar-refractivity contribution in [1.82, 2.24) is 10.2 Å². The van der Waals surface area contributed by atoms with Crippen molar-refractivity contribution in [2.75, 3.05) is 26.7 Å². The number of para-hydroxylation sites is 1. The molecule has 4 rings (SSSR count). The smallest absolute Gasteiger partial charge is 0.237 e.